The van der Waals surface area contributed by atoms with Crippen LogP contribution in [0.5, 0.6) is 5.75 Å². The number of halogens is 1. The van der Waals surface area contributed by atoms with Gasteiger partial charge < -0.3 is 10.1 Å². The van der Waals surface area contributed by atoms with Crippen molar-refractivity contribution in [3.63, 3.8) is 0 Å². The van der Waals surface area contributed by atoms with Crippen molar-refractivity contribution in [3.8, 4) is 5.75 Å². The fraction of sp³-hybridized carbons (Fsp3) is 0.294. The van der Waals surface area contributed by atoms with E-state index in [0.29, 0.717) is 12.6 Å². The molecule has 0 bridgehead atoms. The van der Waals surface area contributed by atoms with Crippen LogP contribution in [0.15, 0.2) is 42.5 Å². The Balaban J connectivity index is 2.00. The summed E-state index contributed by atoms with van der Waals surface area (Å²) in [6.45, 7) is 4.45. The van der Waals surface area contributed by atoms with Gasteiger partial charge in [-0.05, 0) is 61.9 Å². The molecule has 0 heterocycles. The predicted molar refractivity (Wildman–Crippen MR) is 79.4 cm³/mol. The summed E-state index contributed by atoms with van der Waals surface area (Å²) < 4.78 is 18.8. The Bertz CT molecular complexity index is 566. The minimum atomic E-state index is -0.211. The lowest BCUT2D eigenvalue weighted by Gasteiger charge is -2.12. The molecular formula is C17H20FNO. The first-order valence-corrected chi connectivity index (χ1v) is 6.75. The Labute approximate surface area is 119 Å². The highest BCUT2D eigenvalue weighted by Crippen LogP contribution is 2.19. The summed E-state index contributed by atoms with van der Waals surface area (Å²) in [5.74, 6) is 0.609. The van der Waals surface area contributed by atoms with Crippen LogP contribution in [0.1, 0.15) is 29.7 Å². The molecule has 2 aromatic rings. The van der Waals surface area contributed by atoms with Crippen molar-refractivity contribution in [1.29, 1.82) is 0 Å². The van der Waals surface area contributed by atoms with E-state index in [2.05, 4.69) is 12.2 Å². The number of ether oxygens (including phenoxy) is 1. The van der Waals surface area contributed by atoms with E-state index in [0.717, 1.165) is 16.9 Å². The summed E-state index contributed by atoms with van der Waals surface area (Å²) >= 11 is 0. The van der Waals surface area contributed by atoms with Crippen molar-refractivity contribution in [1.82, 2.24) is 5.32 Å². The van der Waals surface area contributed by atoms with Gasteiger partial charge in [-0.1, -0.05) is 18.2 Å². The van der Waals surface area contributed by atoms with Crippen molar-refractivity contribution in [2.75, 3.05) is 7.05 Å². The summed E-state index contributed by atoms with van der Waals surface area (Å²) in [5, 5.41) is 3.19. The van der Waals surface area contributed by atoms with Gasteiger partial charge in [-0.25, -0.2) is 4.39 Å². The standard InChI is InChI=1S/C17H20FNO/c1-12-10-16(18)7-4-15(12)11-20-17-8-5-14(6-9-17)13(2)19-3/h4-10,13,19H,11H2,1-3H3. The number of hydrogen-bond donors (Lipinski definition) is 1. The van der Waals surface area contributed by atoms with Crippen LogP contribution >= 0.6 is 0 Å². The lowest BCUT2D eigenvalue weighted by atomic mass is 10.1. The van der Waals surface area contributed by atoms with Gasteiger partial charge in [0.05, 0.1) is 0 Å². The number of rotatable bonds is 5. The Kier molecular flexibility index (Phi) is 4.74. The maximum atomic E-state index is 13.0. The summed E-state index contributed by atoms with van der Waals surface area (Å²) in [5.41, 5.74) is 3.13. The number of benzene rings is 2. The normalized spacial score (nSPS) is 12.2. The van der Waals surface area contributed by atoms with Crippen molar-refractivity contribution in [2.45, 2.75) is 26.5 Å². The van der Waals surface area contributed by atoms with Gasteiger partial charge in [0.15, 0.2) is 0 Å². The summed E-state index contributed by atoms with van der Waals surface area (Å²) in [6.07, 6.45) is 0. The first-order valence-electron chi connectivity index (χ1n) is 6.75. The van der Waals surface area contributed by atoms with E-state index in [4.69, 9.17) is 4.74 Å². The van der Waals surface area contributed by atoms with E-state index >= 15 is 0 Å². The van der Waals surface area contributed by atoms with E-state index in [9.17, 15) is 4.39 Å². The molecule has 2 aromatic carbocycles. The van der Waals surface area contributed by atoms with Crippen LogP contribution < -0.4 is 10.1 Å². The maximum Gasteiger partial charge on any atom is 0.123 e. The Morgan fingerprint density at radius 1 is 1.15 bits per heavy atom. The van der Waals surface area contributed by atoms with Gasteiger partial charge >= 0.3 is 0 Å². The lowest BCUT2D eigenvalue weighted by molar-refractivity contribution is 0.305. The highest BCUT2D eigenvalue weighted by molar-refractivity contribution is 5.30. The molecule has 0 aliphatic heterocycles. The van der Waals surface area contributed by atoms with E-state index in [1.54, 1.807) is 6.07 Å². The van der Waals surface area contributed by atoms with Gasteiger partial charge in [-0.3, -0.25) is 0 Å². The molecule has 20 heavy (non-hydrogen) atoms. The summed E-state index contributed by atoms with van der Waals surface area (Å²) in [7, 11) is 1.94. The second-order valence-electron chi connectivity index (χ2n) is 4.94. The molecule has 0 spiro atoms. The highest BCUT2D eigenvalue weighted by atomic mass is 19.1. The number of nitrogens with one attached hydrogen (secondary N) is 1. The predicted octanol–water partition coefficient (Wildman–Crippen LogP) is 3.99. The van der Waals surface area contributed by atoms with Crippen molar-refractivity contribution in [3.05, 3.63) is 65.0 Å². The molecule has 0 fully saturated rings. The van der Waals surface area contributed by atoms with Crippen LogP contribution in [0.2, 0.25) is 0 Å². The van der Waals surface area contributed by atoms with Gasteiger partial charge in [-0.15, -0.1) is 0 Å². The van der Waals surface area contributed by atoms with E-state index in [-0.39, 0.29) is 5.82 Å². The molecule has 3 heteroatoms. The molecule has 1 N–H and O–H groups in total. The average molecular weight is 273 g/mol. The molecule has 106 valence electrons. The lowest BCUT2D eigenvalue weighted by Crippen LogP contribution is -2.11. The van der Waals surface area contributed by atoms with E-state index in [1.165, 1.54) is 17.7 Å². The van der Waals surface area contributed by atoms with Crippen LogP contribution in [0.3, 0.4) is 0 Å². The Morgan fingerprint density at radius 3 is 2.45 bits per heavy atom. The van der Waals surface area contributed by atoms with Gasteiger partial charge in [0, 0.05) is 6.04 Å². The fourth-order valence-electron chi connectivity index (χ4n) is 2.00. The van der Waals surface area contributed by atoms with E-state index in [1.807, 2.05) is 38.2 Å². The third-order valence-corrected chi connectivity index (χ3v) is 3.51. The molecule has 0 saturated heterocycles. The summed E-state index contributed by atoms with van der Waals surface area (Å²) in [4.78, 5) is 0. The van der Waals surface area contributed by atoms with Crippen LogP contribution in [-0.2, 0) is 6.61 Å². The molecule has 0 aromatic heterocycles. The molecule has 0 saturated carbocycles. The smallest absolute Gasteiger partial charge is 0.123 e. The van der Waals surface area contributed by atoms with Crippen molar-refractivity contribution >= 4 is 0 Å². The zero-order chi connectivity index (χ0) is 14.5. The Hall–Kier alpha value is -1.87. The topological polar surface area (TPSA) is 21.3 Å². The molecule has 0 amide bonds. The third kappa shape index (κ3) is 3.58. The van der Waals surface area contributed by atoms with Crippen LogP contribution in [0.4, 0.5) is 4.39 Å². The Morgan fingerprint density at radius 2 is 1.85 bits per heavy atom. The highest BCUT2D eigenvalue weighted by Gasteiger charge is 2.04. The molecule has 2 nitrogen and oxygen atoms in total. The van der Waals surface area contributed by atoms with E-state index < -0.39 is 0 Å². The first-order chi connectivity index (χ1) is 9.60. The first kappa shape index (κ1) is 14.5. The average Bonchev–Trinajstić information content (AvgIpc) is 2.46. The van der Waals surface area contributed by atoms with Gasteiger partial charge in [0.1, 0.15) is 18.2 Å². The molecular weight excluding hydrogens is 253 g/mol. The molecule has 1 unspecified atom stereocenters. The number of hydrogen-bond acceptors (Lipinski definition) is 2. The SMILES string of the molecule is CNC(C)c1ccc(OCc2ccc(F)cc2C)cc1. The number of aryl methyl sites for hydroxylation is 1. The molecule has 0 aliphatic rings. The second-order valence-corrected chi connectivity index (χ2v) is 4.94. The largest absolute Gasteiger partial charge is 0.489 e. The van der Waals surface area contributed by atoms with Gasteiger partial charge in [-0.2, -0.15) is 0 Å². The molecule has 0 aliphatic carbocycles. The third-order valence-electron chi connectivity index (χ3n) is 3.51. The van der Waals surface area contributed by atoms with Crippen molar-refractivity contribution in [2.24, 2.45) is 0 Å². The zero-order valence-corrected chi connectivity index (χ0v) is 12.1. The minimum Gasteiger partial charge on any atom is -0.489 e. The minimum absolute atomic E-state index is 0.211. The maximum absolute atomic E-state index is 13.0. The van der Waals surface area contributed by atoms with Gasteiger partial charge in [0.25, 0.3) is 0 Å². The molecule has 1 atom stereocenters. The van der Waals surface area contributed by atoms with Crippen LogP contribution in [0, 0.1) is 12.7 Å². The van der Waals surface area contributed by atoms with Gasteiger partial charge in [0.2, 0.25) is 0 Å². The van der Waals surface area contributed by atoms with Crippen LogP contribution in [-0.4, -0.2) is 7.05 Å². The molecule has 2 rings (SSSR count). The molecule has 0 radical (unpaired) electrons. The fourth-order valence-corrected chi connectivity index (χ4v) is 2.00. The second kappa shape index (κ2) is 6.53. The summed E-state index contributed by atoms with van der Waals surface area (Å²) in [6, 6.07) is 13.1. The monoisotopic (exact) mass is 273 g/mol. The quantitative estimate of drug-likeness (QED) is 0.889. The zero-order valence-electron chi connectivity index (χ0n) is 12.1. The van der Waals surface area contributed by atoms with Crippen LogP contribution in [0.25, 0.3) is 0 Å². The van der Waals surface area contributed by atoms with Crippen molar-refractivity contribution < 1.29 is 9.13 Å².